The van der Waals surface area contributed by atoms with Crippen LogP contribution < -0.4 is 0 Å². The number of methoxy groups -OCH3 is 1. The van der Waals surface area contributed by atoms with Crippen molar-refractivity contribution in [2.75, 3.05) is 13.7 Å². The van der Waals surface area contributed by atoms with Gasteiger partial charge in [-0.1, -0.05) is 30.3 Å². The standard InChI is InChI=1S/C19H25NO4/c1-19(2,3)24-18(22)20-11-10-15(17(21)23-4)13-16(20)12-14-8-6-5-7-9-14/h5-9,12,15H,10-11,13H2,1-4H3. The lowest BCUT2D eigenvalue weighted by Crippen LogP contribution is -2.41. The van der Waals surface area contributed by atoms with Crippen molar-refractivity contribution in [2.45, 2.75) is 39.2 Å². The Morgan fingerprint density at radius 3 is 2.46 bits per heavy atom. The summed E-state index contributed by atoms with van der Waals surface area (Å²) < 4.78 is 10.4. The molecule has 0 aromatic heterocycles. The van der Waals surface area contributed by atoms with Crippen LogP contribution in [0.1, 0.15) is 39.2 Å². The van der Waals surface area contributed by atoms with Gasteiger partial charge in [0.15, 0.2) is 0 Å². The number of nitrogens with zero attached hydrogens (tertiary/aromatic N) is 1. The van der Waals surface area contributed by atoms with E-state index in [2.05, 4.69) is 0 Å². The molecule has 1 unspecified atom stereocenters. The first-order valence-corrected chi connectivity index (χ1v) is 8.14. The van der Waals surface area contributed by atoms with E-state index in [1.54, 1.807) is 4.90 Å². The van der Waals surface area contributed by atoms with Crippen LogP contribution in [0.5, 0.6) is 0 Å². The molecule has 1 aromatic rings. The molecule has 0 N–H and O–H groups in total. The van der Waals surface area contributed by atoms with Gasteiger partial charge in [-0.05, 0) is 38.8 Å². The van der Waals surface area contributed by atoms with E-state index in [1.807, 2.05) is 57.2 Å². The van der Waals surface area contributed by atoms with Gasteiger partial charge >= 0.3 is 12.1 Å². The Labute approximate surface area is 143 Å². The van der Waals surface area contributed by atoms with Crippen molar-refractivity contribution >= 4 is 18.1 Å². The van der Waals surface area contributed by atoms with Crippen molar-refractivity contribution in [2.24, 2.45) is 5.92 Å². The molecule has 1 atom stereocenters. The Balaban J connectivity index is 2.26. The normalized spacial score (nSPS) is 19.9. The van der Waals surface area contributed by atoms with Crippen LogP contribution in [-0.2, 0) is 14.3 Å². The number of hydrogen-bond acceptors (Lipinski definition) is 4. The molecule has 24 heavy (non-hydrogen) atoms. The van der Waals surface area contributed by atoms with Gasteiger partial charge < -0.3 is 9.47 Å². The van der Waals surface area contributed by atoms with Gasteiger partial charge in [0, 0.05) is 18.7 Å². The van der Waals surface area contributed by atoms with E-state index in [0.717, 1.165) is 11.3 Å². The molecule has 0 spiro atoms. The monoisotopic (exact) mass is 331 g/mol. The summed E-state index contributed by atoms with van der Waals surface area (Å²) in [6.07, 6.45) is 2.57. The first-order valence-electron chi connectivity index (χ1n) is 8.14. The molecular weight excluding hydrogens is 306 g/mol. The summed E-state index contributed by atoms with van der Waals surface area (Å²) in [5.74, 6) is -0.471. The summed E-state index contributed by atoms with van der Waals surface area (Å²) in [5.41, 5.74) is 1.19. The van der Waals surface area contributed by atoms with Crippen molar-refractivity contribution < 1.29 is 19.1 Å². The molecule has 130 valence electrons. The van der Waals surface area contributed by atoms with Gasteiger partial charge in [-0.3, -0.25) is 9.69 Å². The van der Waals surface area contributed by atoms with E-state index in [-0.39, 0.29) is 18.0 Å². The Kier molecular flexibility index (Phi) is 5.65. The number of esters is 1. The van der Waals surface area contributed by atoms with Gasteiger partial charge in [0.25, 0.3) is 0 Å². The largest absolute Gasteiger partial charge is 0.469 e. The molecule has 5 heteroatoms. The zero-order chi connectivity index (χ0) is 17.7. The number of hydrogen-bond donors (Lipinski definition) is 0. The number of carbonyl (C=O) groups is 2. The van der Waals surface area contributed by atoms with Gasteiger partial charge in [-0.2, -0.15) is 0 Å². The highest BCUT2D eigenvalue weighted by Gasteiger charge is 2.33. The second kappa shape index (κ2) is 7.51. The van der Waals surface area contributed by atoms with Crippen LogP contribution in [0.4, 0.5) is 4.79 Å². The summed E-state index contributed by atoms with van der Waals surface area (Å²) in [6.45, 7) is 5.96. The molecule has 1 amide bonds. The lowest BCUT2D eigenvalue weighted by atomic mass is 9.93. The van der Waals surface area contributed by atoms with Crippen LogP contribution in [0.15, 0.2) is 36.0 Å². The first kappa shape index (κ1) is 18.0. The van der Waals surface area contributed by atoms with Crippen molar-refractivity contribution in [1.29, 1.82) is 0 Å². The molecule has 0 radical (unpaired) electrons. The minimum atomic E-state index is -0.561. The molecule has 2 rings (SSSR count). The second-order valence-corrected chi connectivity index (χ2v) is 6.89. The predicted molar refractivity (Wildman–Crippen MR) is 92.1 cm³/mol. The van der Waals surface area contributed by atoms with Crippen LogP contribution in [0.2, 0.25) is 0 Å². The fraction of sp³-hybridized carbons (Fsp3) is 0.474. The Bertz CT molecular complexity index is 616. The summed E-state index contributed by atoms with van der Waals surface area (Å²) in [7, 11) is 1.39. The molecular formula is C19H25NO4. The number of ether oxygens (including phenoxy) is 2. The molecule has 5 nitrogen and oxygen atoms in total. The minimum Gasteiger partial charge on any atom is -0.469 e. The average Bonchev–Trinajstić information content (AvgIpc) is 2.53. The maximum absolute atomic E-state index is 12.5. The van der Waals surface area contributed by atoms with Gasteiger partial charge in [-0.25, -0.2) is 4.79 Å². The molecule has 1 aliphatic heterocycles. The van der Waals surface area contributed by atoms with Gasteiger partial charge in [0.05, 0.1) is 13.0 Å². The van der Waals surface area contributed by atoms with E-state index in [1.165, 1.54) is 7.11 Å². The number of allylic oxidation sites excluding steroid dienone is 1. The Hall–Kier alpha value is -2.30. The number of benzene rings is 1. The van der Waals surface area contributed by atoms with Crippen LogP contribution in [0, 0.1) is 5.92 Å². The van der Waals surface area contributed by atoms with Crippen molar-refractivity contribution in [1.82, 2.24) is 4.90 Å². The van der Waals surface area contributed by atoms with Gasteiger partial charge in [-0.15, -0.1) is 0 Å². The third-order valence-corrected chi connectivity index (χ3v) is 3.78. The van der Waals surface area contributed by atoms with E-state index < -0.39 is 5.60 Å². The van der Waals surface area contributed by atoms with Crippen LogP contribution >= 0.6 is 0 Å². The molecule has 1 aromatic carbocycles. The first-order chi connectivity index (χ1) is 11.3. The zero-order valence-corrected chi connectivity index (χ0v) is 14.7. The summed E-state index contributed by atoms with van der Waals surface area (Å²) in [5, 5.41) is 0. The predicted octanol–water partition coefficient (Wildman–Crippen LogP) is 3.85. The topological polar surface area (TPSA) is 55.8 Å². The zero-order valence-electron chi connectivity index (χ0n) is 14.7. The quantitative estimate of drug-likeness (QED) is 0.773. The lowest BCUT2D eigenvalue weighted by molar-refractivity contribution is -0.146. The minimum absolute atomic E-state index is 0.233. The van der Waals surface area contributed by atoms with Gasteiger partial charge in [0.2, 0.25) is 0 Å². The molecule has 0 saturated carbocycles. The maximum Gasteiger partial charge on any atom is 0.414 e. The summed E-state index contributed by atoms with van der Waals surface area (Å²) in [4.78, 5) is 26.0. The van der Waals surface area contributed by atoms with Crippen LogP contribution in [-0.4, -0.2) is 36.2 Å². The molecule has 1 fully saturated rings. The van der Waals surface area contributed by atoms with E-state index in [4.69, 9.17) is 9.47 Å². The van der Waals surface area contributed by atoms with Gasteiger partial charge in [0.1, 0.15) is 5.60 Å². The number of piperidine rings is 1. The number of rotatable bonds is 2. The second-order valence-electron chi connectivity index (χ2n) is 6.89. The van der Waals surface area contributed by atoms with Crippen molar-refractivity contribution in [3.05, 3.63) is 41.6 Å². The summed E-state index contributed by atoms with van der Waals surface area (Å²) in [6, 6.07) is 9.73. The van der Waals surface area contributed by atoms with E-state index in [0.29, 0.717) is 19.4 Å². The van der Waals surface area contributed by atoms with E-state index in [9.17, 15) is 9.59 Å². The molecule has 1 aliphatic rings. The fourth-order valence-corrected chi connectivity index (χ4v) is 2.67. The molecule has 0 aliphatic carbocycles. The number of carbonyl (C=O) groups excluding carboxylic acids is 2. The Morgan fingerprint density at radius 1 is 1.21 bits per heavy atom. The highest BCUT2D eigenvalue weighted by Crippen LogP contribution is 2.30. The highest BCUT2D eigenvalue weighted by atomic mass is 16.6. The van der Waals surface area contributed by atoms with Crippen molar-refractivity contribution in [3.8, 4) is 0 Å². The molecule has 1 saturated heterocycles. The van der Waals surface area contributed by atoms with Crippen LogP contribution in [0.3, 0.4) is 0 Å². The van der Waals surface area contributed by atoms with Crippen LogP contribution in [0.25, 0.3) is 6.08 Å². The SMILES string of the molecule is COC(=O)C1CCN(C(=O)OC(C)(C)C)C(=Cc2ccccc2)C1. The highest BCUT2D eigenvalue weighted by molar-refractivity contribution is 5.77. The molecule has 1 heterocycles. The number of amides is 1. The third kappa shape index (κ3) is 4.85. The average molecular weight is 331 g/mol. The number of likely N-dealkylation sites (tertiary alicyclic amines) is 1. The fourth-order valence-electron chi connectivity index (χ4n) is 2.67. The maximum atomic E-state index is 12.5. The summed E-state index contributed by atoms with van der Waals surface area (Å²) >= 11 is 0. The molecule has 0 bridgehead atoms. The smallest absolute Gasteiger partial charge is 0.414 e. The van der Waals surface area contributed by atoms with Crippen molar-refractivity contribution in [3.63, 3.8) is 0 Å². The lowest BCUT2D eigenvalue weighted by Gasteiger charge is -2.34. The Morgan fingerprint density at radius 2 is 1.88 bits per heavy atom. The van der Waals surface area contributed by atoms with E-state index >= 15 is 0 Å². The third-order valence-electron chi connectivity index (χ3n) is 3.78.